The van der Waals surface area contributed by atoms with Crippen molar-refractivity contribution in [2.75, 3.05) is 0 Å². The van der Waals surface area contributed by atoms with Gasteiger partial charge in [0, 0.05) is 11.6 Å². The molecule has 2 aliphatic rings. The maximum Gasteiger partial charge on any atom is 0.306 e. The third-order valence-corrected chi connectivity index (χ3v) is 3.59. The first kappa shape index (κ1) is 9.58. The highest BCUT2D eigenvalue weighted by molar-refractivity contribution is 6.00. The van der Waals surface area contributed by atoms with Crippen LogP contribution < -0.4 is 0 Å². The van der Waals surface area contributed by atoms with Crippen molar-refractivity contribution in [3.63, 3.8) is 0 Å². The Labute approximate surface area is 93.8 Å². The molecule has 1 saturated carbocycles. The van der Waals surface area contributed by atoms with Gasteiger partial charge in [-0.25, -0.2) is 0 Å². The summed E-state index contributed by atoms with van der Waals surface area (Å²) in [6.07, 6.45) is 2.31. The van der Waals surface area contributed by atoms with Crippen molar-refractivity contribution in [2.24, 2.45) is 10.9 Å². The topological polar surface area (TPSA) is 49.7 Å². The van der Waals surface area contributed by atoms with Gasteiger partial charge in [-0.05, 0) is 30.9 Å². The summed E-state index contributed by atoms with van der Waals surface area (Å²) in [4.78, 5) is 15.5. The summed E-state index contributed by atoms with van der Waals surface area (Å²) >= 11 is 0. The lowest BCUT2D eigenvalue weighted by molar-refractivity contribution is -0.141. The van der Waals surface area contributed by atoms with Crippen LogP contribution in [0.5, 0.6) is 0 Å². The Bertz CT molecular complexity index is 479. The SMILES string of the molecule is O=C(O)C1CCC2C(=Nc3ccccc32)C1. The summed E-state index contributed by atoms with van der Waals surface area (Å²) in [6.45, 7) is 0. The number of hydrogen-bond acceptors (Lipinski definition) is 2. The molecule has 3 rings (SSSR count). The highest BCUT2D eigenvalue weighted by Gasteiger charge is 2.35. The molecule has 3 nitrogen and oxygen atoms in total. The third kappa shape index (κ3) is 1.35. The van der Waals surface area contributed by atoms with E-state index in [4.69, 9.17) is 5.11 Å². The van der Waals surface area contributed by atoms with Crippen molar-refractivity contribution in [1.82, 2.24) is 0 Å². The number of hydrogen-bond donors (Lipinski definition) is 1. The van der Waals surface area contributed by atoms with Gasteiger partial charge in [0.05, 0.1) is 11.6 Å². The van der Waals surface area contributed by atoms with Crippen LogP contribution in [-0.2, 0) is 4.79 Å². The first-order valence-corrected chi connectivity index (χ1v) is 5.65. The van der Waals surface area contributed by atoms with Gasteiger partial charge < -0.3 is 5.11 Å². The average molecular weight is 215 g/mol. The minimum absolute atomic E-state index is 0.232. The number of para-hydroxylation sites is 1. The quantitative estimate of drug-likeness (QED) is 0.783. The molecule has 82 valence electrons. The zero-order valence-electron chi connectivity index (χ0n) is 8.89. The Morgan fingerprint density at radius 2 is 2.12 bits per heavy atom. The molecular formula is C13H13NO2. The normalized spacial score (nSPS) is 26.9. The van der Waals surface area contributed by atoms with Gasteiger partial charge in [0.1, 0.15) is 0 Å². The Kier molecular flexibility index (Phi) is 2.06. The van der Waals surface area contributed by atoms with Gasteiger partial charge in [0.15, 0.2) is 0 Å². The zero-order valence-corrected chi connectivity index (χ0v) is 8.89. The number of carbonyl (C=O) groups is 1. The van der Waals surface area contributed by atoms with Gasteiger partial charge in [0.25, 0.3) is 0 Å². The Morgan fingerprint density at radius 1 is 1.31 bits per heavy atom. The highest BCUT2D eigenvalue weighted by Crippen LogP contribution is 2.43. The molecule has 2 unspecified atom stereocenters. The maximum absolute atomic E-state index is 11.0. The lowest BCUT2D eigenvalue weighted by Gasteiger charge is -2.24. The summed E-state index contributed by atoms with van der Waals surface area (Å²) in [6, 6.07) is 8.13. The number of fused-ring (bicyclic) bond motifs is 3. The molecule has 0 spiro atoms. The van der Waals surface area contributed by atoms with Crippen molar-refractivity contribution >= 4 is 17.4 Å². The molecule has 0 radical (unpaired) electrons. The maximum atomic E-state index is 11.0. The smallest absolute Gasteiger partial charge is 0.306 e. The molecule has 1 aliphatic heterocycles. The summed E-state index contributed by atoms with van der Waals surface area (Å²) in [5.74, 6) is -0.534. The van der Waals surface area contributed by atoms with E-state index >= 15 is 0 Å². The molecule has 3 heteroatoms. The van der Waals surface area contributed by atoms with Gasteiger partial charge in [-0.3, -0.25) is 9.79 Å². The first-order chi connectivity index (χ1) is 7.75. The fourth-order valence-electron chi connectivity index (χ4n) is 2.74. The van der Waals surface area contributed by atoms with Crippen molar-refractivity contribution in [3.8, 4) is 0 Å². The standard InChI is InChI=1S/C13H13NO2/c15-13(16)8-5-6-10-9-3-1-2-4-11(9)14-12(10)7-8/h1-4,8,10H,5-7H2,(H,15,16). The molecule has 1 heterocycles. The minimum Gasteiger partial charge on any atom is -0.481 e. The lowest BCUT2D eigenvalue weighted by Crippen LogP contribution is -2.26. The van der Waals surface area contributed by atoms with Crippen molar-refractivity contribution in [2.45, 2.75) is 25.2 Å². The van der Waals surface area contributed by atoms with E-state index in [2.05, 4.69) is 11.1 Å². The Hall–Kier alpha value is -1.64. The van der Waals surface area contributed by atoms with E-state index < -0.39 is 5.97 Å². The number of nitrogens with zero attached hydrogens (tertiary/aromatic N) is 1. The zero-order chi connectivity index (χ0) is 11.1. The van der Waals surface area contributed by atoms with Crippen LogP contribution in [0.2, 0.25) is 0 Å². The number of carboxylic acids is 1. The molecular weight excluding hydrogens is 202 g/mol. The van der Waals surface area contributed by atoms with Crippen molar-refractivity contribution in [1.29, 1.82) is 0 Å². The minimum atomic E-state index is -0.683. The molecule has 1 aliphatic carbocycles. The molecule has 0 aromatic heterocycles. The largest absolute Gasteiger partial charge is 0.481 e. The van der Waals surface area contributed by atoms with Gasteiger partial charge in [-0.2, -0.15) is 0 Å². The van der Waals surface area contributed by atoms with E-state index in [1.54, 1.807) is 0 Å². The van der Waals surface area contributed by atoms with Crippen LogP contribution in [0.25, 0.3) is 0 Å². The number of aliphatic imine (C=N–C) groups is 1. The monoisotopic (exact) mass is 215 g/mol. The van der Waals surface area contributed by atoms with E-state index in [0.717, 1.165) is 24.2 Å². The predicted molar refractivity (Wildman–Crippen MR) is 61.3 cm³/mol. The van der Waals surface area contributed by atoms with E-state index in [1.165, 1.54) is 5.56 Å². The van der Waals surface area contributed by atoms with Gasteiger partial charge in [-0.15, -0.1) is 0 Å². The van der Waals surface area contributed by atoms with Crippen molar-refractivity contribution < 1.29 is 9.90 Å². The molecule has 16 heavy (non-hydrogen) atoms. The van der Waals surface area contributed by atoms with Crippen LogP contribution in [0.15, 0.2) is 29.3 Å². The molecule has 1 aromatic carbocycles. The predicted octanol–water partition coefficient (Wildman–Crippen LogP) is 2.74. The second kappa shape index (κ2) is 3.44. The summed E-state index contributed by atoms with van der Waals surface area (Å²) in [7, 11) is 0. The van der Waals surface area contributed by atoms with E-state index in [-0.39, 0.29) is 5.92 Å². The van der Waals surface area contributed by atoms with Gasteiger partial charge >= 0.3 is 5.97 Å². The van der Waals surface area contributed by atoms with Crippen LogP contribution in [0.3, 0.4) is 0 Å². The van der Waals surface area contributed by atoms with Crippen LogP contribution in [0.4, 0.5) is 5.69 Å². The van der Waals surface area contributed by atoms with Gasteiger partial charge in [-0.1, -0.05) is 18.2 Å². The van der Waals surface area contributed by atoms with Crippen molar-refractivity contribution in [3.05, 3.63) is 29.8 Å². The van der Waals surface area contributed by atoms with Gasteiger partial charge in [0.2, 0.25) is 0 Å². The first-order valence-electron chi connectivity index (χ1n) is 5.65. The van der Waals surface area contributed by atoms with E-state index in [1.807, 2.05) is 18.2 Å². The van der Waals surface area contributed by atoms with E-state index in [9.17, 15) is 4.79 Å². The fraction of sp³-hybridized carbons (Fsp3) is 0.385. The van der Waals surface area contributed by atoms with Crippen LogP contribution in [0, 0.1) is 5.92 Å². The summed E-state index contributed by atoms with van der Waals surface area (Å²) in [5, 5.41) is 9.02. The van der Waals surface area contributed by atoms with E-state index in [0.29, 0.717) is 12.3 Å². The summed E-state index contributed by atoms with van der Waals surface area (Å²) < 4.78 is 0. The Balaban J connectivity index is 1.92. The molecule has 0 bridgehead atoms. The fourth-order valence-corrected chi connectivity index (χ4v) is 2.74. The number of carboxylic acid groups (broad SMARTS) is 1. The lowest BCUT2D eigenvalue weighted by atomic mass is 9.78. The number of aliphatic carboxylic acids is 1. The third-order valence-electron chi connectivity index (χ3n) is 3.59. The molecule has 1 aromatic rings. The molecule has 0 saturated heterocycles. The second-order valence-electron chi connectivity index (χ2n) is 4.53. The summed E-state index contributed by atoms with van der Waals surface area (Å²) in [5.41, 5.74) is 3.38. The molecule has 1 fully saturated rings. The number of benzene rings is 1. The Morgan fingerprint density at radius 3 is 2.94 bits per heavy atom. The molecule has 0 amide bonds. The second-order valence-corrected chi connectivity index (χ2v) is 4.53. The van der Waals surface area contributed by atoms with Crippen LogP contribution in [0.1, 0.15) is 30.7 Å². The molecule has 2 atom stereocenters. The highest BCUT2D eigenvalue weighted by atomic mass is 16.4. The molecule has 1 N–H and O–H groups in total. The van der Waals surface area contributed by atoms with Crippen LogP contribution in [-0.4, -0.2) is 16.8 Å². The number of rotatable bonds is 1. The van der Waals surface area contributed by atoms with Crippen LogP contribution >= 0.6 is 0 Å². The average Bonchev–Trinajstić information content (AvgIpc) is 2.66.